The number of nitrogens with zero attached hydrogens (tertiary/aromatic N) is 3. The zero-order chi connectivity index (χ0) is 25.7. The molecular formula is C15H27N5O12P2. The van der Waals surface area contributed by atoms with Gasteiger partial charge < -0.3 is 46.0 Å². The minimum atomic E-state index is -5.14. The number of ether oxygens (including phenoxy) is 1. The molecule has 1 saturated heterocycles. The number of nitrogen functional groups attached to an aromatic ring is 1. The van der Waals surface area contributed by atoms with Crippen molar-refractivity contribution in [3.8, 4) is 0 Å². The van der Waals surface area contributed by atoms with Crippen molar-refractivity contribution in [2.24, 2.45) is 10.7 Å². The third-order valence-electron chi connectivity index (χ3n) is 4.61. The van der Waals surface area contributed by atoms with Crippen LogP contribution in [0.3, 0.4) is 0 Å². The fraction of sp³-hybridized carbons (Fsp3) is 0.667. The number of aliphatic hydroxyl groups excluding tert-OH is 1. The van der Waals surface area contributed by atoms with Crippen molar-refractivity contribution < 1.29 is 57.5 Å². The quantitative estimate of drug-likeness (QED) is 0.105. The molecule has 1 aliphatic rings. The second-order valence-electron chi connectivity index (χ2n) is 7.28. The van der Waals surface area contributed by atoms with Gasteiger partial charge >= 0.3 is 21.6 Å². The molecule has 0 radical (unpaired) electrons. The van der Waals surface area contributed by atoms with Gasteiger partial charge in [0.15, 0.2) is 6.23 Å². The number of aliphatic hydroxyl groups is 1. The van der Waals surface area contributed by atoms with Gasteiger partial charge in [-0.1, -0.05) is 0 Å². The summed E-state index contributed by atoms with van der Waals surface area (Å²) in [5.41, 5.74) is 11.1. The number of carboxylic acid groups (broad SMARTS) is 1. The smallest absolute Gasteiger partial charge is 0.470 e. The Morgan fingerprint density at radius 2 is 1.94 bits per heavy atom. The lowest BCUT2D eigenvalue weighted by Crippen LogP contribution is -2.38. The molecule has 5 atom stereocenters. The summed E-state index contributed by atoms with van der Waals surface area (Å²) in [6, 6.07) is 0.329. The summed E-state index contributed by atoms with van der Waals surface area (Å²) < 4.78 is 38.0. The van der Waals surface area contributed by atoms with E-state index in [0.717, 1.165) is 0 Å². The second-order valence-corrected chi connectivity index (χ2v) is 9.72. The summed E-state index contributed by atoms with van der Waals surface area (Å²) in [5.74, 6) is -1.07. The molecule has 194 valence electrons. The summed E-state index contributed by atoms with van der Waals surface area (Å²) in [7, 11) is -10.1. The van der Waals surface area contributed by atoms with Gasteiger partial charge in [0.05, 0.1) is 6.61 Å². The first-order chi connectivity index (χ1) is 15.7. The topological polar surface area (TPSA) is 282 Å². The fourth-order valence-electron chi connectivity index (χ4n) is 3.07. The lowest BCUT2D eigenvalue weighted by atomic mass is 10.1. The normalized spacial score (nSPS) is 24.9. The van der Waals surface area contributed by atoms with Crippen LogP contribution in [0.2, 0.25) is 0 Å². The van der Waals surface area contributed by atoms with E-state index in [1.54, 1.807) is 0 Å². The number of carbonyl (C=O) groups is 1. The number of hydrogen-bond donors (Lipinski definition) is 8. The number of rotatable bonds is 12. The van der Waals surface area contributed by atoms with Crippen molar-refractivity contribution in [3.63, 3.8) is 0 Å². The number of hydrogen-bond acceptors (Lipinski definition) is 11. The van der Waals surface area contributed by atoms with Gasteiger partial charge in [-0.3, -0.25) is 23.4 Å². The summed E-state index contributed by atoms with van der Waals surface area (Å²) in [4.78, 5) is 55.2. The fourth-order valence-corrected chi connectivity index (χ4v) is 3.99. The first kappa shape index (κ1) is 28.5. The Bertz CT molecular complexity index is 1010. The van der Waals surface area contributed by atoms with Gasteiger partial charge in [0.25, 0.3) is 0 Å². The van der Waals surface area contributed by atoms with Gasteiger partial charge in [0.1, 0.15) is 30.2 Å². The van der Waals surface area contributed by atoms with Crippen LogP contribution in [0.4, 0.5) is 5.82 Å². The van der Waals surface area contributed by atoms with Gasteiger partial charge in [-0.2, -0.15) is 4.98 Å². The van der Waals surface area contributed by atoms with Gasteiger partial charge in [0.2, 0.25) is 5.62 Å². The maximum atomic E-state index is 11.3. The number of phosphoric ester groups is 2. The minimum Gasteiger partial charge on any atom is -0.480 e. The Kier molecular flexibility index (Phi) is 9.88. The third-order valence-corrected chi connectivity index (χ3v) is 5.61. The maximum Gasteiger partial charge on any atom is 0.470 e. The first-order valence-electron chi connectivity index (χ1n) is 9.79. The summed E-state index contributed by atoms with van der Waals surface area (Å²) in [6.07, 6.45) is -3.91. The van der Waals surface area contributed by atoms with Crippen LogP contribution in [0.15, 0.2) is 17.3 Å². The summed E-state index contributed by atoms with van der Waals surface area (Å²) >= 11 is 0. The predicted octanol–water partition coefficient (Wildman–Crippen LogP) is -2.21. The molecule has 0 unspecified atom stereocenters. The van der Waals surface area contributed by atoms with Gasteiger partial charge in [-0.05, 0) is 25.3 Å². The van der Waals surface area contributed by atoms with E-state index in [4.69, 9.17) is 40.9 Å². The molecule has 0 spiro atoms. The molecular weight excluding hydrogens is 504 g/mol. The van der Waals surface area contributed by atoms with E-state index in [0.29, 0.717) is 12.8 Å². The van der Waals surface area contributed by atoms with Crippen molar-refractivity contribution in [2.45, 2.75) is 49.8 Å². The number of anilines is 1. The van der Waals surface area contributed by atoms with Crippen LogP contribution in [0.1, 0.15) is 25.5 Å². The molecule has 34 heavy (non-hydrogen) atoms. The molecule has 0 bridgehead atoms. The zero-order valence-corrected chi connectivity index (χ0v) is 19.4. The predicted molar refractivity (Wildman–Crippen MR) is 111 cm³/mol. The highest BCUT2D eigenvalue weighted by Crippen LogP contribution is 2.45. The van der Waals surface area contributed by atoms with Crippen molar-refractivity contribution >= 4 is 27.4 Å². The van der Waals surface area contributed by atoms with Crippen molar-refractivity contribution in [1.29, 1.82) is 0 Å². The highest BCUT2D eigenvalue weighted by atomic mass is 31.2. The molecule has 2 rings (SSSR count). The third kappa shape index (κ3) is 8.79. The van der Waals surface area contributed by atoms with Crippen LogP contribution in [0, 0.1) is 0 Å². The molecule has 2 heterocycles. The number of phosphoric acid groups is 2. The van der Waals surface area contributed by atoms with E-state index in [1.807, 2.05) is 0 Å². The van der Waals surface area contributed by atoms with E-state index in [1.165, 1.54) is 16.8 Å². The summed E-state index contributed by atoms with van der Waals surface area (Å²) in [6.45, 7) is -0.694. The Balaban J connectivity index is 2.24. The summed E-state index contributed by atoms with van der Waals surface area (Å²) in [5, 5.41) is 19.4. The Morgan fingerprint density at radius 3 is 2.53 bits per heavy atom. The highest BCUT2D eigenvalue weighted by Gasteiger charge is 2.49. The molecule has 1 fully saturated rings. The molecule has 19 heteroatoms. The Labute approximate surface area is 192 Å². The number of nitrogens with two attached hydrogens (primary N) is 2. The number of aliphatic carboxylic acids is 1. The van der Waals surface area contributed by atoms with Crippen molar-refractivity contribution in [3.05, 3.63) is 17.9 Å². The Hall–Kier alpha value is -1.75. The maximum absolute atomic E-state index is 11.3. The molecule has 0 amide bonds. The molecule has 1 aromatic rings. The molecule has 0 aromatic carbocycles. The van der Waals surface area contributed by atoms with Crippen LogP contribution in [0.25, 0.3) is 0 Å². The van der Waals surface area contributed by atoms with Gasteiger partial charge in [-0.25, -0.2) is 9.13 Å². The van der Waals surface area contributed by atoms with E-state index in [9.17, 15) is 19.0 Å². The van der Waals surface area contributed by atoms with Crippen molar-refractivity contribution in [1.82, 2.24) is 9.55 Å². The average Bonchev–Trinajstić information content (AvgIpc) is 2.99. The first-order valence-corrected chi connectivity index (χ1v) is 12.8. The monoisotopic (exact) mass is 531 g/mol. The van der Waals surface area contributed by atoms with Gasteiger partial charge in [-0.15, -0.1) is 0 Å². The molecule has 10 N–H and O–H groups in total. The minimum absolute atomic E-state index is 0.0435. The van der Waals surface area contributed by atoms with E-state index in [-0.39, 0.29) is 24.4 Å². The van der Waals surface area contributed by atoms with Crippen LogP contribution in [-0.2, 0) is 27.7 Å². The molecule has 17 nitrogen and oxygen atoms in total. The number of unbranched alkanes of at least 4 members (excludes halogenated alkanes) is 1. The standard InChI is InChI=1S/C15H27N5O12P2/c16-8(14(22)23)3-1-2-5-18-15-19-10(17)4-6-20(15)13-11(21)12(32-34(27,28)29)9(31-13)7-30-33(24,25)26/h4,6,8-9,11-13,21H,1-3,5,7,16H2,(H,22,23)(H2,17,18,19)(H2,24,25,26)(H2,27,28,29)/t8-,9+,11+,12+,13+/m0/s1. The van der Waals surface area contributed by atoms with E-state index >= 15 is 0 Å². The van der Waals surface area contributed by atoms with Gasteiger partial charge in [0, 0.05) is 12.7 Å². The van der Waals surface area contributed by atoms with Crippen LogP contribution < -0.4 is 17.1 Å². The molecule has 1 aromatic heterocycles. The Morgan fingerprint density at radius 1 is 1.26 bits per heavy atom. The van der Waals surface area contributed by atoms with E-state index < -0.39 is 58.8 Å². The second kappa shape index (κ2) is 11.8. The number of carboxylic acids is 1. The van der Waals surface area contributed by atoms with Crippen LogP contribution in [0.5, 0.6) is 0 Å². The molecule has 1 aliphatic heterocycles. The molecule has 0 saturated carbocycles. The van der Waals surface area contributed by atoms with Crippen LogP contribution >= 0.6 is 15.6 Å². The largest absolute Gasteiger partial charge is 0.480 e. The zero-order valence-electron chi connectivity index (χ0n) is 17.6. The highest BCUT2D eigenvalue weighted by molar-refractivity contribution is 7.46. The average molecular weight is 531 g/mol. The lowest BCUT2D eigenvalue weighted by Gasteiger charge is -2.21. The molecule has 0 aliphatic carbocycles. The van der Waals surface area contributed by atoms with E-state index in [2.05, 4.69) is 19.0 Å². The number of aromatic nitrogens is 2. The van der Waals surface area contributed by atoms with Crippen molar-refractivity contribution in [2.75, 3.05) is 18.9 Å². The lowest BCUT2D eigenvalue weighted by molar-refractivity contribution is -0.138. The van der Waals surface area contributed by atoms with Crippen LogP contribution in [-0.4, -0.2) is 82.8 Å². The SMILES string of the molecule is Nc1ccn([C@@H]2O[C@H](COP(=O)(O)O)[C@@H](OP(=O)(O)O)[C@H]2O)c(=NCCCC[C@H](N)C(=O)O)n1.